The van der Waals surface area contributed by atoms with Gasteiger partial charge in [-0.2, -0.15) is 0 Å². The lowest BCUT2D eigenvalue weighted by molar-refractivity contribution is -1.01. The number of nitrogens with one attached hydrogen (secondary N) is 2. The maximum Gasteiger partial charge on any atom is 0.200 e. The second kappa shape index (κ2) is 7.76. The zero-order valence-electron chi connectivity index (χ0n) is 15.5. The molecule has 1 saturated heterocycles. The molecule has 0 saturated carbocycles. The fourth-order valence-electron chi connectivity index (χ4n) is 3.77. The summed E-state index contributed by atoms with van der Waals surface area (Å²) in [5.74, 6) is 0.159. The van der Waals surface area contributed by atoms with Crippen LogP contribution in [0.15, 0.2) is 45.8 Å². The summed E-state index contributed by atoms with van der Waals surface area (Å²) in [6, 6.07) is 8.18. The summed E-state index contributed by atoms with van der Waals surface area (Å²) in [4.78, 5) is 16.0. The summed E-state index contributed by atoms with van der Waals surface area (Å²) < 4.78 is 5.87. The highest BCUT2D eigenvalue weighted by atomic mass is 35.5. The van der Waals surface area contributed by atoms with Gasteiger partial charge in [-0.15, -0.1) is 0 Å². The number of benzene rings is 2. The summed E-state index contributed by atoms with van der Waals surface area (Å²) in [5.41, 5.74) is 1.89. The highest BCUT2D eigenvalue weighted by Crippen LogP contribution is 2.31. The normalized spacial score (nSPS) is 19.8. The fourth-order valence-corrected chi connectivity index (χ4v) is 4.28. The number of phenols is 1. The third-order valence-electron chi connectivity index (χ3n) is 5.48. The Kier molecular flexibility index (Phi) is 5.34. The molecule has 7 heteroatoms. The predicted octanol–water partition coefficient (Wildman–Crippen LogP) is 1.39. The van der Waals surface area contributed by atoms with E-state index in [9.17, 15) is 9.90 Å². The van der Waals surface area contributed by atoms with Crippen molar-refractivity contribution in [1.29, 1.82) is 0 Å². The fraction of sp³-hybridized carbons (Fsp3) is 0.286. The number of likely N-dealkylation sites (N-methyl/N-ethyl adjacent to an activating group) is 1. The van der Waals surface area contributed by atoms with Gasteiger partial charge in [0.15, 0.2) is 0 Å². The van der Waals surface area contributed by atoms with E-state index in [0.717, 1.165) is 26.2 Å². The van der Waals surface area contributed by atoms with Crippen molar-refractivity contribution < 1.29 is 19.3 Å². The van der Waals surface area contributed by atoms with Crippen LogP contribution in [0.2, 0.25) is 10.0 Å². The van der Waals surface area contributed by atoms with Crippen molar-refractivity contribution in [2.45, 2.75) is 6.54 Å². The molecule has 3 N–H and O–H groups in total. The zero-order valence-corrected chi connectivity index (χ0v) is 17.0. The number of phenolic OH excluding ortho intramolecular Hbond substituents is 1. The Hall–Kier alpha value is -2.05. The molecule has 0 bridgehead atoms. The van der Waals surface area contributed by atoms with Gasteiger partial charge in [0.25, 0.3) is 0 Å². The molecule has 0 amide bonds. The molecule has 4 rings (SSSR count). The average molecular weight is 421 g/mol. The van der Waals surface area contributed by atoms with E-state index in [0.29, 0.717) is 44.2 Å². The van der Waals surface area contributed by atoms with Crippen LogP contribution in [0.3, 0.4) is 0 Å². The Bertz CT molecular complexity index is 1090. The number of aromatic hydroxyl groups is 1. The van der Waals surface area contributed by atoms with Crippen molar-refractivity contribution in [3.05, 3.63) is 62.4 Å². The molecule has 0 aliphatic carbocycles. The first-order valence-corrected chi connectivity index (χ1v) is 10.1. The lowest BCUT2D eigenvalue weighted by atomic mass is 10.0. The third kappa shape index (κ3) is 3.63. The molecule has 0 spiro atoms. The first-order chi connectivity index (χ1) is 13.4. The number of rotatable bonds is 3. The Morgan fingerprint density at radius 3 is 2.54 bits per heavy atom. The number of fused-ring (bicyclic) bond motifs is 1. The molecule has 1 aromatic heterocycles. The van der Waals surface area contributed by atoms with Gasteiger partial charge < -0.3 is 19.3 Å². The Morgan fingerprint density at radius 2 is 1.82 bits per heavy atom. The largest absolute Gasteiger partial charge is 0.507 e. The minimum Gasteiger partial charge on any atom is -0.507 e. The van der Waals surface area contributed by atoms with E-state index in [-0.39, 0.29) is 11.2 Å². The maximum atomic E-state index is 13.1. The summed E-state index contributed by atoms with van der Waals surface area (Å²) in [5, 5.41) is 11.8. The second-order valence-corrected chi connectivity index (χ2v) is 8.27. The van der Waals surface area contributed by atoms with Crippen molar-refractivity contribution in [2.24, 2.45) is 0 Å². The summed E-state index contributed by atoms with van der Waals surface area (Å²) in [7, 11) is 2.19. The van der Waals surface area contributed by atoms with E-state index in [1.165, 1.54) is 16.1 Å². The van der Waals surface area contributed by atoms with E-state index in [2.05, 4.69) is 7.05 Å². The van der Waals surface area contributed by atoms with Crippen LogP contribution in [0, 0.1) is 0 Å². The molecule has 3 aromatic rings. The molecule has 0 atom stereocenters. The van der Waals surface area contributed by atoms with E-state index in [1.54, 1.807) is 30.3 Å². The van der Waals surface area contributed by atoms with Gasteiger partial charge in [0, 0.05) is 10.6 Å². The van der Waals surface area contributed by atoms with Gasteiger partial charge >= 0.3 is 0 Å². The van der Waals surface area contributed by atoms with E-state index < -0.39 is 0 Å². The SMILES string of the molecule is C[NH+]1CC[NH+](Cc2c(O)ccc3c(=O)c(-c4ccc(Cl)cc4Cl)coc23)CC1. The maximum absolute atomic E-state index is 13.1. The second-order valence-electron chi connectivity index (χ2n) is 7.43. The van der Waals surface area contributed by atoms with Crippen LogP contribution in [0.25, 0.3) is 22.1 Å². The summed E-state index contributed by atoms with van der Waals surface area (Å²) in [6.07, 6.45) is 1.42. The monoisotopic (exact) mass is 420 g/mol. The molecule has 146 valence electrons. The number of hydrogen-bond donors (Lipinski definition) is 3. The van der Waals surface area contributed by atoms with Gasteiger partial charge in [-0.1, -0.05) is 29.3 Å². The van der Waals surface area contributed by atoms with Crippen molar-refractivity contribution in [3.8, 4) is 16.9 Å². The Labute approximate surface area is 172 Å². The lowest BCUT2D eigenvalue weighted by Crippen LogP contribution is -3.26. The van der Waals surface area contributed by atoms with Gasteiger partial charge in [0.1, 0.15) is 50.3 Å². The van der Waals surface area contributed by atoms with Crippen molar-refractivity contribution in [3.63, 3.8) is 0 Å². The number of halogens is 2. The predicted molar refractivity (Wildman–Crippen MR) is 111 cm³/mol. The molecule has 1 aliphatic rings. The van der Waals surface area contributed by atoms with Crippen LogP contribution < -0.4 is 15.2 Å². The minimum absolute atomic E-state index is 0.159. The van der Waals surface area contributed by atoms with Crippen LogP contribution in [0.5, 0.6) is 5.75 Å². The van der Waals surface area contributed by atoms with Crippen molar-refractivity contribution >= 4 is 34.2 Å². The van der Waals surface area contributed by atoms with Crippen LogP contribution >= 0.6 is 23.2 Å². The Morgan fingerprint density at radius 1 is 1.07 bits per heavy atom. The lowest BCUT2D eigenvalue weighted by Gasteiger charge is -2.27. The Balaban J connectivity index is 1.77. The summed E-state index contributed by atoms with van der Waals surface area (Å²) >= 11 is 12.2. The zero-order chi connectivity index (χ0) is 19.8. The molecule has 0 radical (unpaired) electrons. The molecule has 1 aliphatic heterocycles. The van der Waals surface area contributed by atoms with E-state index in [4.69, 9.17) is 27.6 Å². The van der Waals surface area contributed by atoms with E-state index >= 15 is 0 Å². The summed E-state index contributed by atoms with van der Waals surface area (Å²) in [6.45, 7) is 4.84. The highest BCUT2D eigenvalue weighted by Gasteiger charge is 2.24. The van der Waals surface area contributed by atoms with Gasteiger partial charge in [0.2, 0.25) is 5.43 Å². The number of hydrogen-bond acceptors (Lipinski definition) is 3. The van der Waals surface area contributed by atoms with Gasteiger partial charge in [-0.3, -0.25) is 4.79 Å². The molecule has 0 unspecified atom stereocenters. The molecular weight excluding hydrogens is 399 g/mol. The highest BCUT2D eigenvalue weighted by molar-refractivity contribution is 6.36. The van der Waals surface area contributed by atoms with Gasteiger partial charge in [-0.25, -0.2) is 0 Å². The van der Waals surface area contributed by atoms with Gasteiger partial charge in [0.05, 0.1) is 28.6 Å². The molecule has 28 heavy (non-hydrogen) atoms. The average Bonchev–Trinajstić information content (AvgIpc) is 2.67. The topological polar surface area (TPSA) is 59.3 Å². The van der Waals surface area contributed by atoms with Crippen molar-refractivity contribution in [2.75, 3.05) is 33.2 Å². The first kappa shape index (κ1) is 19.3. The van der Waals surface area contributed by atoms with Crippen LogP contribution in [0.1, 0.15) is 5.56 Å². The van der Waals surface area contributed by atoms with E-state index in [1.807, 2.05) is 0 Å². The molecular formula is C21H22Cl2N2O3+2. The molecule has 2 aromatic carbocycles. The van der Waals surface area contributed by atoms with Gasteiger partial charge in [-0.05, 0) is 24.3 Å². The first-order valence-electron chi connectivity index (χ1n) is 9.30. The smallest absolute Gasteiger partial charge is 0.200 e. The molecule has 1 fully saturated rings. The van der Waals surface area contributed by atoms with Crippen LogP contribution in [-0.2, 0) is 6.54 Å². The molecule has 2 heterocycles. The number of piperazine rings is 1. The van der Waals surface area contributed by atoms with Crippen LogP contribution in [-0.4, -0.2) is 38.3 Å². The van der Waals surface area contributed by atoms with Crippen molar-refractivity contribution in [1.82, 2.24) is 0 Å². The molecule has 5 nitrogen and oxygen atoms in total. The number of quaternary nitrogens is 2. The van der Waals surface area contributed by atoms with Crippen LogP contribution in [0.4, 0.5) is 0 Å². The minimum atomic E-state index is -0.176. The quantitative estimate of drug-likeness (QED) is 0.599. The standard InChI is InChI=1S/C21H20Cl2N2O3/c1-24-6-8-25(9-7-24)11-16-19(26)5-4-15-20(27)17(12-28-21(15)16)14-3-2-13(22)10-18(14)23/h2-5,10,12,26H,6-9,11H2,1H3/p+2. The third-order valence-corrected chi connectivity index (χ3v) is 6.03.